The Hall–Kier alpha value is -1.22. The lowest BCUT2D eigenvalue weighted by Gasteiger charge is -2.21. The monoisotopic (exact) mass is 235 g/mol. The van der Waals surface area contributed by atoms with E-state index in [0.717, 1.165) is 37.9 Å². The van der Waals surface area contributed by atoms with Gasteiger partial charge in [0.1, 0.15) is 11.6 Å². The third kappa shape index (κ3) is 3.63. The van der Waals surface area contributed by atoms with Gasteiger partial charge in [-0.05, 0) is 50.0 Å². The Kier molecular flexibility index (Phi) is 4.26. The fourth-order valence-electron chi connectivity index (χ4n) is 2.27. The van der Waals surface area contributed by atoms with Gasteiger partial charge in [0.2, 0.25) is 0 Å². The van der Waals surface area contributed by atoms with Crippen molar-refractivity contribution in [2.24, 2.45) is 5.92 Å². The number of nitrogens with one attached hydrogen (secondary N) is 1. The first-order valence-electron chi connectivity index (χ1n) is 6.23. The molecule has 0 atom stereocenters. The van der Waals surface area contributed by atoms with E-state index in [-0.39, 0.29) is 11.7 Å². The first-order chi connectivity index (χ1) is 8.25. The van der Waals surface area contributed by atoms with Gasteiger partial charge in [-0.2, -0.15) is 0 Å². The van der Waals surface area contributed by atoms with Gasteiger partial charge in [0.25, 0.3) is 0 Å². The van der Waals surface area contributed by atoms with Crippen molar-refractivity contribution in [3.8, 4) is 0 Å². The summed E-state index contributed by atoms with van der Waals surface area (Å²) in [6.07, 6.45) is 3.23. The van der Waals surface area contributed by atoms with E-state index in [2.05, 4.69) is 5.32 Å². The Morgan fingerprint density at radius 1 is 1.24 bits per heavy atom. The maximum absolute atomic E-state index is 12.7. The van der Waals surface area contributed by atoms with Crippen LogP contribution in [0, 0.1) is 11.7 Å². The van der Waals surface area contributed by atoms with Crippen LogP contribution in [-0.4, -0.2) is 18.9 Å². The van der Waals surface area contributed by atoms with Gasteiger partial charge >= 0.3 is 0 Å². The molecule has 1 fully saturated rings. The molecule has 0 bridgehead atoms. The maximum atomic E-state index is 12.7. The molecule has 0 aromatic heterocycles. The summed E-state index contributed by atoms with van der Waals surface area (Å²) in [5.74, 6) is 0.367. The number of hydrogen-bond acceptors (Lipinski definition) is 2. The SMILES string of the molecule is O=C(CCc1ccc(F)cc1)C1CCNCC1. The number of rotatable bonds is 4. The number of ketones is 1. The normalized spacial score (nSPS) is 17.0. The molecule has 17 heavy (non-hydrogen) atoms. The third-order valence-electron chi connectivity index (χ3n) is 3.37. The van der Waals surface area contributed by atoms with Crippen LogP contribution in [0.5, 0.6) is 0 Å². The summed E-state index contributed by atoms with van der Waals surface area (Å²) in [4.78, 5) is 11.9. The highest BCUT2D eigenvalue weighted by Crippen LogP contribution is 2.16. The summed E-state index contributed by atoms with van der Waals surface area (Å²) in [6, 6.07) is 6.41. The minimum absolute atomic E-state index is 0.224. The molecule has 0 amide bonds. The minimum atomic E-state index is -0.224. The fourth-order valence-corrected chi connectivity index (χ4v) is 2.27. The molecule has 0 spiro atoms. The number of hydrogen-bond donors (Lipinski definition) is 1. The number of benzene rings is 1. The molecule has 1 heterocycles. The molecular formula is C14H18FNO. The Labute approximate surface area is 101 Å². The summed E-state index contributed by atoms with van der Waals surface area (Å²) >= 11 is 0. The number of carbonyl (C=O) groups excluding carboxylic acids is 1. The highest BCUT2D eigenvalue weighted by Gasteiger charge is 2.20. The number of aryl methyl sites for hydroxylation is 1. The number of carbonyl (C=O) groups is 1. The molecule has 1 aromatic rings. The van der Waals surface area contributed by atoms with Crippen molar-refractivity contribution in [3.63, 3.8) is 0 Å². The summed E-state index contributed by atoms with van der Waals surface area (Å²) in [7, 11) is 0. The van der Waals surface area contributed by atoms with Gasteiger partial charge in [0, 0.05) is 12.3 Å². The molecular weight excluding hydrogens is 217 g/mol. The van der Waals surface area contributed by atoms with E-state index >= 15 is 0 Å². The van der Waals surface area contributed by atoms with E-state index in [1.807, 2.05) is 0 Å². The summed E-state index contributed by atoms with van der Waals surface area (Å²) in [5.41, 5.74) is 1.04. The average Bonchev–Trinajstić information content (AvgIpc) is 2.39. The number of piperidine rings is 1. The van der Waals surface area contributed by atoms with Crippen molar-refractivity contribution in [3.05, 3.63) is 35.6 Å². The van der Waals surface area contributed by atoms with Crippen LogP contribution >= 0.6 is 0 Å². The zero-order valence-corrected chi connectivity index (χ0v) is 9.92. The lowest BCUT2D eigenvalue weighted by Crippen LogP contribution is -2.31. The molecule has 0 saturated carbocycles. The highest BCUT2D eigenvalue weighted by atomic mass is 19.1. The lowest BCUT2D eigenvalue weighted by molar-refractivity contribution is -0.123. The zero-order chi connectivity index (χ0) is 12.1. The van der Waals surface area contributed by atoms with E-state index in [9.17, 15) is 9.18 Å². The van der Waals surface area contributed by atoms with Crippen molar-refractivity contribution in [1.82, 2.24) is 5.32 Å². The Morgan fingerprint density at radius 3 is 2.53 bits per heavy atom. The van der Waals surface area contributed by atoms with Gasteiger partial charge in [0.15, 0.2) is 0 Å². The predicted molar refractivity (Wildman–Crippen MR) is 65.3 cm³/mol. The predicted octanol–water partition coefficient (Wildman–Crippen LogP) is 2.33. The molecule has 2 nitrogen and oxygen atoms in total. The summed E-state index contributed by atoms with van der Waals surface area (Å²) in [6.45, 7) is 1.90. The molecule has 1 aliphatic rings. The van der Waals surface area contributed by atoms with Crippen LogP contribution in [0.4, 0.5) is 4.39 Å². The molecule has 1 N–H and O–H groups in total. The molecule has 0 unspecified atom stereocenters. The number of Topliss-reactive ketones (excluding diaryl/α,β-unsaturated/α-hetero) is 1. The molecule has 1 aliphatic heterocycles. The Bertz CT molecular complexity index is 368. The zero-order valence-electron chi connectivity index (χ0n) is 9.92. The van der Waals surface area contributed by atoms with E-state index in [4.69, 9.17) is 0 Å². The first kappa shape index (κ1) is 12.2. The lowest BCUT2D eigenvalue weighted by atomic mass is 9.90. The largest absolute Gasteiger partial charge is 0.317 e. The van der Waals surface area contributed by atoms with Gasteiger partial charge in [-0.1, -0.05) is 12.1 Å². The molecule has 3 heteroatoms. The van der Waals surface area contributed by atoms with Gasteiger partial charge in [-0.15, -0.1) is 0 Å². The van der Waals surface area contributed by atoms with Crippen LogP contribution in [0.25, 0.3) is 0 Å². The summed E-state index contributed by atoms with van der Waals surface area (Å²) < 4.78 is 12.7. The van der Waals surface area contributed by atoms with Gasteiger partial charge < -0.3 is 5.32 Å². The number of halogens is 1. The fraction of sp³-hybridized carbons (Fsp3) is 0.500. The van der Waals surface area contributed by atoms with Gasteiger partial charge in [-0.25, -0.2) is 4.39 Å². The van der Waals surface area contributed by atoms with Gasteiger partial charge in [-0.3, -0.25) is 4.79 Å². The second kappa shape index (κ2) is 5.92. The molecule has 92 valence electrons. The molecule has 0 radical (unpaired) electrons. The minimum Gasteiger partial charge on any atom is -0.317 e. The van der Waals surface area contributed by atoms with E-state index in [1.54, 1.807) is 12.1 Å². The van der Waals surface area contributed by atoms with Crippen LogP contribution in [0.2, 0.25) is 0 Å². The van der Waals surface area contributed by atoms with Crippen molar-refractivity contribution < 1.29 is 9.18 Å². The van der Waals surface area contributed by atoms with E-state index in [1.165, 1.54) is 12.1 Å². The molecule has 2 rings (SSSR count). The third-order valence-corrected chi connectivity index (χ3v) is 3.37. The van der Waals surface area contributed by atoms with Crippen LogP contribution in [0.15, 0.2) is 24.3 Å². The van der Waals surface area contributed by atoms with Crippen LogP contribution in [0.1, 0.15) is 24.8 Å². The second-order valence-electron chi connectivity index (χ2n) is 4.62. The smallest absolute Gasteiger partial charge is 0.136 e. The Morgan fingerprint density at radius 2 is 1.88 bits per heavy atom. The van der Waals surface area contributed by atoms with Crippen molar-refractivity contribution in [2.75, 3.05) is 13.1 Å². The second-order valence-corrected chi connectivity index (χ2v) is 4.62. The van der Waals surface area contributed by atoms with Crippen molar-refractivity contribution >= 4 is 5.78 Å². The van der Waals surface area contributed by atoms with Crippen LogP contribution in [0.3, 0.4) is 0 Å². The average molecular weight is 235 g/mol. The van der Waals surface area contributed by atoms with Gasteiger partial charge in [0.05, 0.1) is 0 Å². The summed E-state index contributed by atoms with van der Waals surface area (Å²) in [5, 5.41) is 3.26. The van der Waals surface area contributed by atoms with Crippen LogP contribution < -0.4 is 5.32 Å². The van der Waals surface area contributed by atoms with Crippen LogP contribution in [-0.2, 0) is 11.2 Å². The maximum Gasteiger partial charge on any atom is 0.136 e. The molecule has 1 saturated heterocycles. The van der Waals surface area contributed by atoms with Crippen molar-refractivity contribution in [1.29, 1.82) is 0 Å². The van der Waals surface area contributed by atoms with E-state index in [0.29, 0.717) is 12.2 Å². The standard InChI is InChI=1S/C14H18FNO/c15-13-4-1-11(2-5-13)3-6-14(17)12-7-9-16-10-8-12/h1-2,4-5,12,16H,3,6-10H2. The van der Waals surface area contributed by atoms with Crippen molar-refractivity contribution in [2.45, 2.75) is 25.7 Å². The Balaban J connectivity index is 1.81. The first-order valence-corrected chi connectivity index (χ1v) is 6.23. The topological polar surface area (TPSA) is 29.1 Å². The highest BCUT2D eigenvalue weighted by molar-refractivity contribution is 5.81. The quantitative estimate of drug-likeness (QED) is 0.867. The molecule has 1 aromatic carbocycles. The molecule has 0 aliphatic carbocycles. The van der Waals surface area contributed by atoms with E-state index < -0.39 is 0 Å².